The van der Waals surface area contributed by atoms with Crippen LogP contribution in [0.3, 0.4) is 0 Å². The maximum absolute atomic E-state index is 12.2. The van der Waals surface area contributed by atoms with Gasteiger partial charge < -0.3 is 0 Å². The van der Waals surface area contributed by atoms with Crippen molar-refractivity contribution in [3.63, 3.8) is 0 Å². The summed E-state index contributed by atoms with van der Waals surface area (Å²) in [6, 6.07) is 2.52. The van der Waals surface area contributed by atoms with E-state index in [4.69, 9.17) is 0 Å². The van der Waals surface area contributed by atoms with E-state index in [0.717, 1.165) is 6.07 Å². The molecule has 0 aliphatic heterocycles. The van der Waals surface area contributed by atoms with Crippen LogP contribution in [0.5, 0.6) is 0 Å². The molecule has 0 fully saturated rings. The van der Waals surface area contributed by atoms with Crippen LogP contribution in [0.4, 0.5) is 13.2 Å². The number of hydrogen-bond acceptors (Lipinski definition) is 2. The molecule has 2 aromatic heterocycles. The summed E-state index contributed by atoms with van der Waals surface area (Å²) in [6.07, 6.45) is -3.11. The van der Waals surface area contributed by atoms with Crippen LogP contribution in [0.1, 0.15) is 5.69 Å². The number of aromatic nitrogens is 2. The molecule has 0 atom stereocenters. The van der Waals surface area contributed by atoms with Gasteiger partial charge in [-0.2, -0.15) is 18.3 Å². The van der Waals surface area contributed by atoms with Crippen LogP contribution >= 0.6 is 11.3 Å². The lowest BCUT2D eigenvalue weighted by atomic mass is 10.4. The molecule has 2 nitrogen and oxygen atoms in total. The largest absolute Gasteiger partial charge is 0.435 e. The Kier molecular flexibility index (Phi) is 2.07. The lowest BCUT2D eigenvalue weighted by Crippen LogP contribution is -2.06. The minimum Gasteiger partial charge on any atom is -0.240 e. The Hall–Kier alpha value is -1.30. The number of rotatable bonds is 1. The quantitative estimate of drug-likeness (QED) is 0.718. The van der Waals surface area contributed by atoms with Crippen molar-refractivity contribution >= 4 is 11.3 Å². The first kappa shape index (κ1) is 9.26. The second-order valence-electron chi connectivity index (χ2n) is 2.57. The summed E-state index contributed by atoms with van der Waals surface area (Å²) in [5, 5.41) is 7.85. The van der Waals surface area contributed by atoms with Gasteiger partial charge in [-0.1, -0.05) is 0 Å². The number of halogens is 3. The maximum atomic E-state index is 12.2. The van der Waals surface area contributed by atoms with Crippen LogP contribution in [-0.2, 0) is 6.18 Å². The molecule has 6 heteroatoms. The SMILES string of the molecule is FC(F)(F)c1ccn(-c2c[c]sc2)n1. The van der Waals surface area contributed by atoms with Crippen molar-refractivity contribution in [3.8, 4) is 5.69 Å². The Balaban J connectivity index is 2.36. The molecule has 2 rings (SSSR count). The van der Waals surface area contributed by atoms with Gasteiger partial charge in [-0.3, -0.25) is 0 Å². The van der Waals surface area contributed by atoms with E-state index >= 15 is 0 Å². The molecule has 14 heavy (non-hydrogen) atoms. The predicted octanol–water partition coefficient (Wildman–Crippen LogP) is 2.75. The highest BCUT2D eigenvalue weighted by Gasteiger charge is 2.33. The normalized spacial score (nSPS) is 11.9. The van der Waals surface area contributed by atoms with Crippen molar-refractivity contribution in [1.82, 2.24) is 9.78 Å². The average molecular weight is 217 g/mol. The minimum atomic E-state index is -4.38. The Bertz CT molecular complexity index is 416. The fourth-order valence-electron chi connectivity index (χ4n) is 0.962. The van der Waals surface area contributed by atoms with Crippen molar-refractivity contribution in [3.05, 3.63) is 34.8 Å². The van der Waals surface area contributed by atoms with Crippen LogP contribution in [0.2, 0.25) is 0 Å². The number of alkyl halides is 3. The molecule has 1 radical (unpaired) electrons. The molecule has 0 unspecified atom stereocenters. The highest BCUT2D eigenvalue weighted by Crippen LogP contribution is 2.27. The topological polar surface area (TPSA) is 17.8 Å². The van der Waals surface area contributed by atoms with E-state index in [0.29, 0.717) is 5.69 Å². The fourth-order valence-corrected chi connectivity index (χ4v) is 1.52. The van der Waals surface area contributed by atoms with Crippen molar-refractivity contribution in [1.29, 1.82) is 0 Å². The van der Waals surface area contributed by atoms with E-state index in [1.807, 2.05) is 0 Å². The highest BCUT2D eigenvalue weighted by molar-refractivity contribution is 7.07. The van der Waals surface area contributed by atoms with E-state index in [1.165, 1.54) is 22.2 Å². The van der Waals surface area contributed by atoms with E-state index in [-0.39, 0.29) is 0 Å². The van der Waals surface area contributed by atoms with Crippen LogP contribution in [0.15, 0.2) is 23.7 Å². The molecule has 0 aromatic carbocycles. The molecule has 73 valence electrons. The van der Waals surface area contributed by atoms with Gasteiger partial charge in [0, 0.05) is 17.0 Å². The molecule has 0 spiro atoms. The molecule has 0 aliphatic rings. The smallest absolute Gasteiger partial charge is 0.240 e. The molecule has 0 saturated heterocycles. The van der Waals surface area contributed by atoms with Crippen LogP contribution in [0.25, 0.3) is 5.69 Å². The average Bonchev–Trinajstić information content (AvgIpc) is 2.73. The monoisotopic (exact) mass is 217 g/mol. The molecule has 2 heterocycles. The number of hydrogen-bond donors (Lipinski definition) is 0. The van der Waals surface area contributed by atoms with E-state index < -0.39 is 11.9 Å². The summed E-state index contributed by atoms with van der Waals surface area (Å²) in [4.78, 5) is 0. The van der Waals surface area contributed by atoms with E-state index in [2.05, 4.69) is 10.5 Å². The number of nitrogens with zero attached hydrogens (tertiary/aromatic N) is 2. The Labute approximate surface area is 81.6 Å². The zero-order chi connectivity index (χ0) is 10.2. The van der Waals surface area contributed by atoms with Gasteiger partial charge in [0.15, 0.2) is 5.69 Å². The number of thiophene rings is 1. The van der Waals surface area contributed by atoms with Crippen LogP contribution in [-0.4, -0.2) is 9.78 Å². The predicted molar refractivity (Wildman–Crippen MR) is 45.3 cm³/mol. The second kappa shape index (κ2) is 3.13. The summed E-state index contributed by atoms with van der Waals surface area (Å²) in [6.45, 7) is 0. The minimum absolute atomic E-state index is 0.588. The maximum Gasteiger partial charge on any atom is 0.435 e. The summed E-state index contributed by atoms with van der Waals surface area (Å²) < 4.78 is 37.7. The highest BCUT2D eigenvalue weighted by atomic mass is 32.1. The Morgan fingerprint density at radius 3 is 2.71 bits per heavy atom. The van der Waals surface area contributed by atoms with Gasteiger partial charge >= 0.3 is 6.18 Å². The third-order valence-electron chi connectivity index (χ3n) is 1.60. The van der Waals surface area contributed by atoms with Crippen LogP contribution < -0.4 is 0 Å². The summed E-state index contributed by atoms with van der Waals surface area (Å²) in [5.74, 6) is 0. The first-order chi connectivity index (χ1) is 6.57. The van der Waals surface area contributed by atoms with E-state index in [1.54, 1.807) is 11.4 Å². The van der Waals surface area contributed by atoms with Gasteiger partial charge in [-0.15, -0.1) is 11.3 Å². The van der Waals surface area contributed by atoms with Gasteiger partial charge in [0.25, 0.3) is 0 Å². The van der Waals surface area contributed by atoms with Gasteiger partial charge in [0.1, 0.15) is 0 Å². The summed E-state index contributed by atoms with van der Waals surface area (Å²) >= 11 is 1.28. The Morgan fingerprint density at radius 1 is 1.43 bits per heavy atom. The molecule has 0 saturated carbocycles. The molecule has 0 aliphatic carbocycles. The van der Waals surface area contributed by atoms with Gasteiger partial charge in [-0.25, -0.2) is 4.68 Å². The van der Waals surface area contributed by atoms with Gasteiger partial charge in [-0.05, 0) is 12.1 Å². The molecule has 2 aromatic rings. The summed E-state index contributed by atoms with van der Waals surface area (Å²) in [5.41, 5.74) is -0.297. The fraction of sp³-hybridized carbons (Fsp3) is 0.125. The van der Waals surface area contributed by atoms with Gasteiger partial charge in [0.2, 0.25) is 0 Å². The standard InChI is InChI=1S/C8H4F3N2S/c9-8(10,11)7-1-3-13(12-7)6-2-4-14-5-6/h1-3,5H. The second-order valence-corrected chi connectivity index (χ2v) is 3.27. The van der Waals surface area contributed by atoms with Crippen molar-refractivity contribution < 1.29 is 13.2 Å². The third-order valence-corrected chi connectivity index (χ3v) is 2.21. The zero-order valence-corrected chi connectivity index (χ0v) is 7.56. The first-order valence-corrected chi connectivity index (χ1v) is 4.53. The van der Waals surface area contributed by atoms with E-state index in [9.17, 15) is 13.2 Å². The Morgan fingerprint density at radius 2 is 2.21 bits per heavy atom. The van der Waals surface area contributed by atoms with Crippen molar-refractivity contribution in [2.75, 3.05) is 0 Å². The van der Waals surface area contributed by atoms with Crippen LogP contribution in [0, 0.1) is 5.38 Å². The van der Waals surface area contributed by atoms with Crippen molar-refractivity contribution in [2.24, 2.45) is 0 Å². The van der Waals surface area contributed by atoms with Crippen molar-refractivity contribution in [2.45, 2.75) is 6.18 Å². The molecular weight excluding hydrogens is 213 g/mol. The molecule has 0 N–H and O–H groups in total. The first-order valence-electron chi connectivity index (χ1n) is 3.65. The molecule has 0 amide bonds. The zero-order valence-electron chi connectivity index (χ0n) is 6.75. The van der Waals surface area contributed by atoms with Gasteiger partial charge in [0.05, 0.1) is 5.69 Å². The third kappa shape index (κ3) is 1.65. The molecular formula is C8H4F3N2S. The lowest BCUT2D eigenvalue weighted by Gasteiger charge is -2.00. The summed E-state index contributed by atoms with van der Waals surface area (Å²) in [7, 11) is 0. The molecule has 0 bridgehead atoms. The lowest BCUT2D eigenvalue weighted by molar-refractivity contribution is -0.141.